The Bertz CT molecular complexity index is 1140. The minimum atomic E-state index is -4.49. The van der Waals surface area contributed by atoms with Gasteiger partial charge in [-0.3, -0.25) is 9.69 Å². The van der Waals surface area contributed by atoms with Gasteiger partial charge in [0.1, 0.15) is 0 Å². The van der Waals surface area contributed by atoms with Gasteiger partial charge in [-0.05, 0) is 48.0 Å². The molecule has 3 aromatic rings. The van der Waals surface area contributed by atoms with Crippen molar-refractivity contribution in [3.63, 3.8) is 0 Å². The number of benzene rings is 3. The van der Waals surface area contributed by atoms with Crippen molar-refractivity contribution in [2.45, 2.75) is 12.2 Å². The molecule has 8 heteroatoms. The van der Waals surface area contributed by atoms with Crippen LogP contribution in [0.4, 0.5) is 24.5 Å². The number of piperazine rings is 1. The molecule has 0 aromatic heterocycles. The normalized spacial score (nSPS) is 15.4. The van der Waals surface area contributed by atoms with E-state index in [1.165, 1.54) is 17.8 Å². The van der Waals surface area contributed by atoms with E-state index in [1.807, 2.05) is 49.3 Å². The molecule has 1 saturated heterocycles. The van der Waals surface area contributed by atoms with Gasteiger partial charge >= 0.3 is 6.18 Å². The van der Waals surface area contributed by atoms with E-state index in [9.17, 15) is 18.0 Å². The quantitative estimate of drug-likeness (QED) is 0.496. The first-order valence-corrected chi connectivity index (χ1v) is 12.0. The number of carbonyl (C=O) groups is 1. The molecule has 0 spiro atoms. The van der Waals surface area contributed by atoms with Gasteiger partial charge in [0.05, 0.1) is 11.6 Å². The van der Waals surface area contributed by atoms with Gasteiger partial charge in [0, 0.05) is 63.8 Å². The molecule has 0 radical (unpaired) electrons. The zero-order chi connectivity index (χ0) is 25.7. The van der Waals surface area contributed by atoms with Gasteiger partial charge in [-0.1, -0.05) is 36.4 Å². The highest BCUT2D eigenvalue weighted by molar-refractivity contribution is 5.94. The van der Waals surface area contributed by atoms with Crippen LogP contribution in [0.15, 0.2) is 78.9 Å². The average molecular weight is 497 g/mol. The standard InChI is InChI=1S/C28H31F3N4O/c1-33(2)24-13-11-21(12-14-24)26(35-17-15-34(16-18-35)25-9-4-3-5-10-25)20-32-27(36)22-7-6-8-23(19-22)28(29,30)31/h3-14,19,26H,15-18,20H2,1-2H3,(H,32,36)/t26-/m1/s1. The van der Waals surface area contributed by atoms with Gasteiger partial charge in [-0.2, -0.15) is 13.2 Å². The summed E-state index contributed by atoms with van der Waals surface area (Å²) in [5, 5.41) is 2.88. The highest BCUT2D eigenvalue weighted by Gasteiger charge is 2.31. The van der Waals surface area contributed by atoms with Crippen molar-refractivity contribution in [1.29, 1.82) is 0 Å². The van der Waals surface area contributed by atoms with E-state index in [4.69, 9.17) is 0 Å². The number of carbonyl (C=O) groups excluding carboxylic acids is 1. The van der Waals surface area contributed by atoms with Crippen LogP contribution in [0.2, 0.25) is 0 Å². The molecule has 0 saturated carbocycles. The lowest BCUT2D eigenvalue weighted by molar-refractivity contribution is -0.137. The molecule has 1 N–H and O–H groups in total. The second-order valence-corrected chi connectivity index (χ2v) is 9.15. The summed E-state index contributed by atoms with van der Waals surface area (Å²) in [6.45, 7) is 3.58. The van der Waals surface area contributed by atoms with Crippen molar-refractivity contribution >= 4 is 17.3 Å². The molecule has 190 valence electrons. The Morgan fingerprint density at radius 2 is 1.58 bits per heavy atom. The molecule has 0 bridgehead atoms. The number of alkyl halides is 3. The van der Waals surface area contributed by atoms with Gasteiger partial charge in [-0.15, -0.1) is 0 Å². The van der Waals surface area contributed by atoms with Crippen LogP contribution in [-0.4, -0.2) is 57.6 Å². The second-order valence-electron chi connectivity index (χ2n) is 9.15. The molecule has 1 aliphatic rings. The lowest BCUT2D eigenvalue weighted by Gasteiger charge is -2.40. The highest BCUT2D eigenvalue weighted by atomic mass is 19.4. The van der Waals surface area contributed by atoms with Crippen molar-refractivity contribution in [3.8, 4) is 0 Å². The number of rotatable bonds is 7. The second kappa shape index (κ2) is 11.0. The Hall–Kier alpha value is -3.52. The van der Waals surface area contributed by atoms with E-state index in [2.05, 4.69) is 39.4 Å². The van der Waals surface area contributed by atoms with E-state index in [-0.39, 0.29) is 11.6 Å². The lowest BCUT2D eigenvalue weighted by atomic mass is 10.0. The third-order valence-corrected chi connectivity index (χ3v) is 6.58. The number of anilines is 2. The maximum Gasteiger partial charge on any atom is 0.416 e. The number of nitrogens with zero attached hydrogens (tertiary/aromatic N) is 3. The van der Waals surface area contributed by atoms with Crippen molar-refractivity contribution < 1.29 is 18.0 Å². The van der Waals surface area contributed by atoms with E-state index in [0.717, 1.165) is 49.6 Å². The Balaban J connectivity index is 1.49. The molecule has 1 aliphatic heterocycles. The molecular weight excluding hydrogens is 465 g/mol. The summed E-state index contributed by atoms with van der Waals surface area (Å²) in [4.78, 5) is 19.5. The van der Waals surface area contributed by atoms with Crippen LogP contribution >= 0.6 is 0 Å². The van der Waals surface area contributed by atoms with Crippen LogP contribution in [0.5, 0.6) is 0 Å². The van der Waals surface area contributed by atoms with E-state index in [0.29, 0.717) is 6.54 Å². The van der Waals surface area contributed by atoms with E-state index in [1.54, 1.807) is 0 Å². The molecule has 5 nitrogen and oxygen atoms in total. The first kappa shape index (κ1) is 25.6. The summed E-state index contributed by atoms with van der Waals surface area (Å²) < 4.78 is 39.3. The monoisotopic (exact) mass is 496 g/mol. The third kappa shape index (κ3) is 6.18. The van der Waals surface area contributed by atoms with Gasteiger partial charge in [0.25, 0.3) is 5.91 Å². The Morgan fingerprint density at radius 1 is 0.917 bits per heavy atom. The summed E-state index contributed by atoms with van der Waals surface area (Å²) in [5.74, 6) is -0.515. The molecule has 0 unspecified atom stereocenters. The first-order valence-electron chi connectivity index (χ1n) is 12.0. The largest absolute Gasteiger partial charge is 0.416 e. The number of para-hydroxylation sites is 1. The van der Waals surface area contributed by atoms with Crippen LogP contribution in [0.1, 0.15) is 27.5 Å². The number of nitrogens with one attached hydrogen (secondary N) is 1. The fourth-order valence-corrected chi connectivity index (χ4v) is 4.51. The molecule has 0 aliphatic carbocycles. The number of hydrogen-bond acceptors (Lipinski definition) is 4. The minimum absolute atomic E-state index is 0.000396. The van der Waals surface area contributed by atoms with Gasteiger partial charge in [0.2, 0.25) is 0 Å². The summed E-state index contributed by atoms with van der Waals surface area (Å²) in [6.07, 6.45) is -4.49. The van der Waals surface area contributed by atoms with Crippen LogP contribution in [0, 0.1) is 0 Å². The van der Waals surface area contributed by atoms with Crippen LogP contribution < -0.4 is 15.1 Å². The molecular formula is C28H31F3N4O. The van der Waals surface area contributed by atoms with Gasteiger partial charge < -0.3 is 15.1 Å². The highest BCUT2D eigenvalue weighted by Crippen LogP contribution is 2.30. The minimum Gasteiger partial charge on any atom is -0.378 e. The summed E-state index contributed by atoms with van der Waals surface area (Å²) in [7, 11) is 3.95. The topological polar surface area (TPSA) is 38.8 Å². The average Bonchev–Trinajstić information content (AvgIpc) is 2.89. The first-order chi connectivity index (χ1) is 17.2. The fourth-order valence-electron chi connectivity index (χ4n) is 4.51. The van der Waals surface area contributed by atoms with Gasteiger partial charge in [0.15, 0.2) is 0 Å². The molecule has 1 heterocycles. The Labute approximate surface area is 210 Å². The summed E-state index contributed by atoms with van der Waals surface area (Å²) in [6, 6.07) is 22.9. The third-order valence-electron chi connectivity index (χ3n) is 6.58. The smallest absolute Gasteiger partial charge is 0.378 e. The molecule has 1 amide bonds. The zero-order valence-corrected chi connectivity index (χ0v) is 20.5. The van der Waals surface area contributed by atoms with Crippen LogP contribution in [0.25, 0.3) is 0 Å². The molecule has 36 heavy (non-hydrogen) atoms. The summed E-state index contributed by atoms with van der Waals surface area (Å²) in [5.41, 5.74) is 2.47. The maximum absolute atomic E-state index is 13.1. The Kier molecular flexibility index (Phi) is 7.84. The zero-order valence-electron chi connectivity index (χ0n) is 20.5. The van der Waals surface area contributed by atoms with Crippen molar-refractivity contribution in [2.24, 2.45) is 0 Å². The number of amides is 1. The van der Waals surface area contributed by atoms with Crippen molar-refractivity contribution in [2.75, 3.05) is 56.6 Å². The predicted octanol–water partition coefficient (Wildman–Crippen LogP) is 5.06. The Morgan fingerprint density at radius 3 is 2.19 bits per heavy atom. The van der Waals surface area contributed by atoms with Crippen LogP contribution in [-0.2, 0) is 6.18 Å². The molecule has 1 atom stereocenters. The van der Waals surface area contributed by atoms with E-state index < -0.39 is 17.6 Å². The SMILES string of the molecule is CN(C)c1ccc([C@@H](CNC(=O)c2cccc(C(F)(F)F)c2)N2CCN(c3ccccc3)CC2)cc1. The maximum atomic E-state index is 13.1. The lowest BCUT2D eigenvalue weighted by Crippen LogP contribution is -2.50. The molecule has 4 rings (SSSR count). The fraction of sp³-hybridized carbons (Fsp3) is 0.321. The number of hydrogen-bond donors (Lipinski definition) is 1. The summed E-state index contributed by atoms with van der Waals surface area (Å²) >= 11 is 0. The van der Waals surface area contributed by atoms with Crippen LogP contribution in [0.3, 0.4) is 0 Å². The van der Waals surface area contributed by atoms with E-state index >= 15 is 0 Å². The number of halogens is 3. The van der Waals surface area contributed by atoms with Crippen molar-refractivity contribution in [3.05, 3.63) is 95.6 Å². The van der Waals surface area contributed by atoms with Crippen molar-refractivity contribution in [1.82, 2.24) is 10.2 Å². The van der Waals surface area contributed by atoms with Gasteiger partial charge in [-0.25, -0.2) is 0 Å². The predicted molar refractivity (Wildman–Crippen MR) is 138 cm³/mol. The molecule has 1 fully saturated rings. The molecule has 3 aromatic carbocycles.